The Morgan fingerprint density at radius 3 is 2.42 bits per heavy atom. The Morgan fingerprint density at radius 1 is 1.37 bits per heavy atom. The van der Waals surface area contributed by atoms with Crippen molar-refractivity contribution in [2.24, 2.45) is 5.41 Å². The number of amides is 1. The zero-order valence-electron chi connectivity index (χ0n) is 12.7. The zero-order valence-corrected chi connectivity index (χ0v) is 13.5. The third kappa shape index (κ3) is 6.15. The molecule has 2 N–H and O–H groups in total. The summed E-state index contributed by atoms with van der Waals surface area (Å²) in [5.74, 6) is 2.05. The molecule has 1 aliphatic heterocycles. The Hall–Kier alpha value is -0.260. The molecule has 0 spiro atoms. The molecule has 0 bridgehead atoms. The maximum atomic E-state index is 12.1. The molecule has 0 radical (unpaired) electrons. The van der Waals surface area contributed by atoms with Gasteiger partial charge < -0.3 is 10.4 Å². The standard InChI is InChI=1S/C14H28N2O2S/c1-13(2,3)10-16(4)9-12(18)15-14(11-17)5-7-19-8-6-14/h17H,5-11H2,1-4H3,(H,15,18). The second-order valence-electron chi connectivity index (χ2n) is 6.83. The summed E-state index contributed by atoms with van der Waals surface area (Å²) >= 11 is 1.89. The first kappa shape index (κ1) is 16.8. The van der Waals surface area contributed by atoms with E-state index in [4.69, 9.17) is 0 Å². The smallest absolute Gasteiger partial charge is 0.234 e. The van der Waals surface area contributed by atoms with Crippen LogP contribution in [0.15, 0.2) is 0 Å². The first-order valence-electron chi connectivity index (χ1n) is 6.95. The summed E-state index contributed by atoms with van der Waals surface area (Å²) in [6, 6.07) is 0. The molecule has 0 aromatic rings. The molecule has 0 saturated carbocycles. The highest BCUT2D eigenvalue weighted by Crippen LogP contribution is 2.26. The van der Waals surface area contributed by atoms with Crippen molar-refractivity contribution in [1.82, 2.24) is 10.2 Å². The van der Waals surface area contributed by atoms with Gasteiger partial charge in [-0.1, -0.05) is 20.8 Å². The second-order valence-corrected chi connectivity index (χ2v) is 8.06. The molecule has 1 fully saturated rings. The van der Waals surface area contributed by atoms with Gasteiger partial charge in [0.15, 0.2) is 0 Å². The molecule has 4 nitrogen and oxygen atoms in total. The van der Waals surface area contributed by atoms with Crippen molar-refractivity contribution in [1.29, 1.82) is 0 Å². The molecule has 0 aliphatic carbocycles. The molecule has 5 heteroatoms. The maximum Gasteiger partial charge on any atom is 0.234 e. The van der Waals surface area contributed by atoms with E-state index in [2.05, 4.69) is 26.1 Å². The summed E-state index contributed by atoms with van der Waals surface area (Å²) in [4.78, 5) is 14.1. The highest BCUT2D eigenvalue weighted by Gasteiger charge is 2.33. The molecule has 1 rings (SSSR count). The summed E-state index contributed by atoms with van der Waals surface area (Å²) in [5, 5.41) is 12.6. The Morgan fingerprint density at radius 2 is 1.95 bits per heavy atom. The molecule has 1 aliphatic rings. The third-order valence-corrected chi connectivity index (χ3v) is 4.30. The van der Waals surface area contributed by atoms with E-state index in [0.29, 0.717) is 6.54 Å². The molecular formula is C14H28N2O2S. The second kappa shape index (κ2) is 6.95. The quantitative estimate of drug-likeness (QED) is 0.801. The SMILES string of the molecule is CN(CC(=O)NC1(CO)CCSCC1)CC(C)(C)C. The summed E-state index contributed by atoms with van der Waals surface area (Å²) in [6.45, 7) is 7.80. The van der Waals surface area contributed by atoms with Crippen LogP contribution >= 0.6 is 11.8 Å². The Labute approximate surface area is 121 Å². The van der Waals surface area contributed by atoms with Crippen LogP contribution in [0.2, 0.25) is 0 Å². The minimum absolute atomic E-state index is 0.0210. The fourth-order valence-electron chi connectivity index (χ4n) is 2.53. The number of nitrogens with zero attached hydrogens (tertiary/aromatic N) is 1. The zero-order chi connectivity index (χ0) is 14.5. The number of thioether (sulfide) groups is 1. The molecule has 1 heterocycles. The van der Waals surface area contributed by atoms with Crippen LogP contribution in [0.4, 0.5) is 0 Å². The predicted molar refractivity (Wildman–Crippen MR) is 81.5 cm³/mol. The Kier molecular flexibility index (Phi) is 6.15. The van der Waals surface area contributed by atoms with Gasteiger partial charge in [-0.15, -0.1) is 0 Å². The molecule has 1 saturated heterocycles. The van der Waals surface area contributed by atoms with E-state index < -0.39 is 0 Å². The van der Waals surface area contributed by atoms with Gasteiger partial charge in [0.1, 0.15) is 0 Å². The van der Waals surface area contributed by atoms with Crippen LogP contribution in [0.25, 0.3) is 0 Å². The summed E-state index contributed by atoms with van der Waals surface area (Å²) in [7, 11) is 1.97. The number of nitrogens with one attached hydrogen (secondary N) is 1. The monoisotopic (exact) mass is 288 g/mol. The summed E-state index contributed by atoms with van der Waals surface area (Å²) in [5.41, 5.74) is -0.198. The van der Waals surface area contributed by atoms with E-state index in [1.165, 1.54) is 0 Å². The number of rotatable bonds is 5. The number of hydrogen-bond acceptors (Lipinski definition) is 4. The van der Waals surface area contributed by atoms with Crippen molar-refractivity contribution in [3.63, 3.8) is 0 Å². The summed E-state index contributed by atoms with van der Waals surface area (Å²) < 4.78 is 0. The first-order valence-corrected chi connectivity index (χ1v) is 8.10. The number of likely N-dealkylation sites (N-methyl/N-ethyl adjacent to an activating group) is 1. The van der Waals surface area contributed by atoms with Crippen molar-refractivity contribution in [3.8, 4) is 0 Å². The van der Waals surface area contributed by atoms with Crippen molar-refractivity contribution in [3.05, 3.63) is 0 Å². The van der Waals surface area contributed by atoms with E-state index in [1.54, 1.807) is 0 Å². The number of hydrogen-bond donors (Lipinski definition) is 2. The number of carbonyl (C=O) groups excluding carboxylic acids is 1. The molecule has 112 valence electrons. The van der Waals surface area contributed by atoms with Crippen LogP contribution in [0.3, 0.4) is 0 Å². The lowest BCUT2D eigenvalue weighted by Crippen LogP contribution is -2.55. The van der Waals surface area contributed by atoms with Gasteiger partial charge in [-0.25, -0.2) is 0 Å². The van der Waals surface area contributed by atoms with Crippen molar-refractivity contribution in [2.45, 2.75) is 39.2 Å². The van der Waals surface area contributed by atoms with E-state index in [1.807, 2.05) is 23.7 Å². The van der Waals surface area contributed by atoms with Gasteiger partial charge >= 0.3 is 0 Å². The number of aliphatic hydroxyl groups excluding tert-OH is 1. The molecule has 19 heavy (non-hydrogen) atoms. The lowest BCUT2D eigenvalue weighted by molar-refractivity contribution is -0.124. The van der Waals surface area contributed by atoms with Gasteiger partial charge in [0.05, 0.1) is 18.7 Å². The van der Waals surface area contributed by atoms with Gasteiger partial charge in [-0.3, -0.25) is 9.69 Å². The van der Waals surface area contributed by atoms with E-state index >= 15 is 0 Å². The van der Waals surface area contributed by atoms with Gasteiger partial charge in [0, 0.05) is 6.54 Å². The van der Waals surface area contributed by atoms with E-state index in [0.717, 1.165) is 30.9 Å². The van der Waals surface area contributed by atoms with Crippen molar-refractivity contribution in [2.75, 3.05) is 38.2 Å². The topological polar surface area (TPSA) is 52.6 Å². The van der Waals surface area contributed by atoms with Crippen LogP contribution < -0.4 is 5.32 Å². The highest BCUT2D eigenvalue weighted by molar-refractivity contribution is 7.99. The van der Waals surface area contributed by atoms with Gasteiger partial charge in [-0.2, -0.15) is 11.8 Å². The largest absolute Gasteiger partial charge is 0.394 e. The molecule has 1 amide bonds. The minimum Gasteiger partial charge on any atom is -0.394 e. The fourth-order valence-corrected chi connectivity index (χ4v) is 3.81. The normalized spacial score (nSPS) is 19.5. The molecule has 0 aromatic heterocycles. The van der Waals surface area contributed by atoms with Crippen LogP contribution in [-0.4, -0.2) is 59.7 Å². The predicted octanol–water partition coefficient (Wildman–Crippen LogP) is 1.34. The summed E-state index contributed by atoms with van der Waals surface area (Å²) in [6.07, 6.45) is 1.73. The van der Waals surface area contributed by atoms with Crippen LogP contribution in [0.5, 0.6) is 0 Å². The third-order valence-electron chi connectivity index (χ3n) is 3.31. The minimum atomic E-state index is -0.384. The first-order chi connectivity index (χ1) is 8.76. The Balaban J connectivity index is 2.45. The van der Waals surface area contributed by atoms with Crippen LogP contribution in [0.1, 0.15) is 33.6 Å². The van der Waals surface area contributed by atoms with Crippen molar-refractivity contribution < 1.29 is 9.90 Å². The lowest BCUT2D eigenvalue weighted by atomic mass is 9.93. The average molecular weight is 288 g/mol. The van der Waals surface area contributed by atoms with Gasteiger partial charge in [-0.05, 0) is 36.8 Å². The van der Waals surface area contributed by atoms with Gasteiger partial charge in [0.2, 0.25) is 5.91 Å². The fraction of sp³-hybridized carbons (Fsp3) is 0.929. The van der Waals surface area contributed by atoms with E-state index in [-0.39, 0.29) is 23.5 Å². The van der Waals surface area contributed by atoms with Crippen LogP contribution in [-0.2, 0) is 4.79 Å². The Bertz CT molecular complexity index is 296. The number of aliphatic hydroxyl groups is 1. The number of carbonyl (C=O) groups is 1. The average Bonchev–Trinajstić information content (AvgIpc) is 2.27. The molecule has 0 aromatic carbocycles. The maximum absolute atomic E-state index is 12.1. The van der Waals surface area contributed by atoms with E-state index in [9.17, 15) is 9.90 Å². The van der Waals surface area contributed by atoms with Crippen LogP contribution in [0, 0.1) is 5.41 Å². The van der Waals surface area contributed by atoms with Crippen molar-refractivity contribution >= 4 is 17.7 Å². The molecule has 0 unspecified atom stereocenters. The highest BCUT2D eigenvalue weighted by atomic mass is 32.2. The molecular weight excluding hydrogens is 260 g/mol. The lowest BCUT2D eigenvalue weighted by Gasteiger charge is -2.37. The van der Waals surface area contributed by atoms with Gasteiger partial charge in [0.25, 0.3) is 0 Å². The molecule has 0 atom stereocenters.